The molecule has 1 aliphatic carbocycles. The van der Waals surface area contributed by atoms with Gasteiger partial charge in [0, 0.05) is 25.7 Å². The van der Waals surface area contributed by atoms with Crippen LogP contribution in [0, 0.1) is 19.8 Å². The monoisotopic (exact) mass is 272 g/mol. The van der Waals surface area contributed by atoms with Gasteiger partial charge < -0.3 is 10.6 Å². The summed E-state index contributed by atoms with van der Waals surface area (Å²) in [4.78, 5) is 2.62. The van der Waals surface area contributed by atoms with E-state index in [0.29, 0.717) is 12.0 Å². The van der Waals surface area contributed by atoms with E-state index in [0.717, 1.165) is 18.9 Å². The fourth-order valence-corrected chi connectivity index (χ4v) is 3.68. The van der Waals surface area contributed by atoms with E-state index in [9.17, 15) is 0 Å². The summed E-state index contributed by atoms with van der Waals surface area (Å²) < 4.78 is 0. The Morgan fingerprint density at radius 3 is 2.60 bits per heavy atom. The molecule has 2 fully saturated rings. The lowest BCUT2D eigenvalue weighted by molar-refractivity contribution is 0.133. The van der Waals surface area contributed by atoms with Crippen molar-refractivity contribution in [2.75, 3.05) is 19.6 Å². The number of nitrogens with two attached hydrogens (primary N) is 1. The molecule has 1 aromatic carbocycles. The highest BCUT2D eigenvalue weighted by Crippen LogP contribution is 2.31. The highest BCUT2D eigenvalue weighted by molar-refractivity contribution is 5.32. The molecular weight excluding hydrogens is 244 g/mol. The SMILES string of the molecule is Cc1ccc(C2CC(N)CN(CC3CCC3)C2)cc1C. The van der Waals surface area contributed by atoms with Gasteiger partial charge in [-0.3, -0.25) is 0 Å². The van der Waals surface area contributed by atoms with Crippen molar-refractivity contribution in [3.63, 3.8) is 0 Å². The Labute approximate surface area is 123 Å². The second kappa shape index (κ2) is 5.87. The number of piperidine rings is 1. The Hall–Kier alpha value is -0.860. The van der Waals surface area contributed by atoms with Gasteiger partial charge in [0.15, 0.2) is 0 Å². The highest BCUT2D eigenvalue weighted by atomic mass is 15.2. The third kappa shape index (κ3) is 3.07. The molecule has 0 amide bonds. The molecule has 2 nitrogen and oxygen atoms in total. The second-order valence-electron chi connectivity index (χ2n) is 7.05. The Morgan fingerprint density at radius 1 is 1.15 bits per heavy atom. The minimum atomic E-state index is 0.343. The molecule has 1 aliphatic heterocycles. The third-order valence-electron chi connectivity index (χ3n) is 5.30. The van der Waals surface area contributed by atoms with Crippen LogP contribution in [0.5, 0.6) is 0 Å². The molecule has 0 spiro atoms. The third-order valence-corrected chi connectivity index (χ3v) is 5.30. The van der Waals surface area contributed by atoms with E-state index in [-0.39, 0.29) is 0 Å². The van der Waals surface area contributed by atoms with Crippen molar-refractivity contribution in [2.24, 2.45) is 11.7 Å². The lowest BCUT2D eigenvalue weighted by Gasteiger charge is -2.40. The predicted octanol–water partition coefficient (Wildman–Crippen LogP) is 3.22. The smallest absolute Gasteiger partial charge is 0.0174 e. The fraction of sp³-hybridized carbons (Fsp3) is 0.667. The van der Waals surface area contributed by atoms with E-state index in [4.69, 9.17) is 5.73 Å². The maximum Gasteiger partial charge on any atom is 0.0174 e. The average molecular weight is 272 g/mol. The lowest BCUT2D eigenvalue weighted by atomic mass is 9.82. The predicted molar refractivity (Wildman–Crippen MR) is 85.0 cm³/mol. The average Bonchev–Trinajstić information content (AvgIpc) is 2.37. The molecular formula is C18H28N2. The molecule has 20 heavy (non-hydrogen) atoms. The van der Waals surface area contributed by atoms with Crippen LogP contribution in [0.2, 0.25) is 0 Å². The minimum absolute atomic E-state index is 0.343. The first-order chi connectivity index (χ1) is 9.61. The van der Waals surface area contributed by atoms with Crippen LogP contribution in [0.4, 0.5) is 0 Å². The van der Waals surface area contributed by atoms with Crippen LogP contribution in [0.15, 0.2) is 18.2 Å². The number of nitrogens with zero attached hydrogens (tertiary/aromatic N) is 1. The molecule has 2 atom stereocenters. The molecule has 1 heterocycles. The van der Waals surface area contributed by atoms with Crippen molar-refractivity contribution in [1.82, 2.24) is 4.90 Å². The zero-order chi connectivity index (χ0) is 14.1. The van der Waals surface area contributed by atoms with Gasteiger partial charge in [0.05, 0.1) is 0 Å². The Morgan fingerprint density at radius 2 is 1.95 bits per heavy atom. The van der Waals surface area contributed by atoms with Crippen LogP contribution < -0.4 is 5.73 Å². The van der Waals surface area contributed by atoms with Gasteiger partial charge in [0.2, 0.25) is 0 Å². The van der Waals surface area contributed by atoms with Gasteiger partial charge in [-0.25, -0.2) is 0 Å². The Bertz CT molecular complexity index is 464. The largest absolute Gasteiger partial charge is 0.327 e. The summed E-state index contributed by atoms with van der Waals surface area (Å²) in [6.07, 6.45) is 5.44. The molecule has 0 aromatic heterocycles. The lowest BCUT2D eigenvalue weighted by Crippen LogP contribution is -2.48. The first-order valence-electron chi connectivity index (χ1n) is 8.17. The van der Waals surface area contributed by atoms with Crippen molar-refractivity contribution < 1.29 is 0 Å². The van der Waals surface area contributed by atoms with Gasteiger partial charge >= 0.3 is 0 Å². The summed E-state index contributed by atoms with van der Waals surface area (Å²) in [5, 5.41) is 0. The summed E-state index contributed by atoms with van der Waals surface area (Å²) in [7, 11) is 0. The molecule has 2 N–H and O–H groups in total. The molecule has 2 aliphatic rings. The van der Waals surface area contributed by atoms with Crippen molar-refractivity contribution in [1.29, 1.82) is 0 Å². The maximum atomic E-state index is 6.31. The molecule has 0 bridgehead atoms. The van der Waals surface area contributed by atoms with E-state index >= 15 is 0 Å². The fourth-order valence-electron chi connectivity index (χ4n) is 3.68. The standard InChI is InChI=1S/C18H28N2/c1-13-6-7-16(8-14(13)2)17-9-18(19)12-20(11-17)10-15-4-3-5-15/h6-8,15,17-18H,3-5,9-12,19H2,1-2H3. The van der Waals surface area contributed by atoms with Crippen LogP contribution >= 0.6 is 0 Å². The molecule has 1 aromatic rings. The summed E-state index contributed by atoms with van der Waals surface area (Å²) >= 11 is 0. The summed E-state index contributed by atoms with van der Waals surface area (Å²) in [6.45, 7) is 7.97. The molecule has 110 valence electrons. The second-order valence-corrected chi connectivity index (χ2v) is 7.05. The summed E-state index contributed by atoms with van der Waals surface area (Å²) in [6, 6.07) is 7.29. The molecule has 3 rings (SSSR count). The van der Waals surface area contributed by atoms with Gasteiger partial charge in [0.25, 0.3) is 0 Å². The van der Waals surface area contributed by atoms with Crippen molar-refractivity contribution in [3.8, 4) is 0 Å². The molecule has 1 saturated heterocycles. The topological polar surface area (TPSA) is 29.3 Å². The number of benzene rings is 1. The number of hydrogen-bond donors (Lipinski definition) is 1. The van der Waals surface area contributed by atoms with Crippen LogP contribution in [-0.2, 0) is 0 Å². The molecule has 1 saturated carbocycles. The Kier molecular flexibility index (Phi) is 4.13. The van der Waals surface area contributed by atoms with Crippen LogP contribution in [0.1, 0.15) is 48.3 Å². The Balaban J connectivity index is 1.69. The zero-order valence-electron chi connectivity index (χ0n) is 12.9. The van der Waals surface area contributed by atoms with Crippen LogP contribution in [-0.4, -0.2) is 30.6 Å². The van der Waals surface area contributed by atoms with Gasteiger partial charge in [-0.05, 0) is 61.6 Å². The van der Waals surface area contributed by atoms with Crippen molar-refractivity contribution in [2.45, 2.75) is 51.5 Å². The van der Waals surface area contributed by atoms with Crippen molar-refractivity contribution in [3.05, 3.63) is 34.9 Å². The molecule has 2 unspecified atom stereocenters. The van der Waals surface area contributed by atoms with Gasteiger partial charge in [0.1, 0.15) is 0 Å². The number of aryl methyl sites for hydroxylation is 2. The minimum Gasteiger partial charge on any atom is -0.327 e. The number of rotatable bonds is 3. The summed E-state index contributed by atoms with van der Waals surface area (Å²) in [5.41, 5.74) is 10.6. The maximum absolute atomic E-state index is 6.31. The molecule has 0 radical (unpaired) electrons. The quantitative estimate of drug-likeness (QED) is 0.915. The normalized spacial score (nSPS) is 28.4. The first kappa shape index (κ1) is 14.1. The molecule has 2 heteroatoms. The van der Waals surface area contributed by atoms with E-state index < -0.39 is 0 Å². The van der Waals surface area contributed by atoms with Crippen LogP contribution in [0.3, 0.4) is 0 Å². The summed E-state index contributed by atoms with van der Waals surface area (Å²) in [5.74, 6) is 1.57. The van der Waals surface area contributed by atoms with E-state index in [2.05, 4.69) is 36.9 Å². The zero-order valence-corrected chi connectivity index (χ0v) is 12.9. The first-order valence-corrected chi connectivity index (χ1v) is 8.17. The van der Waals surface area contributed by atoms with E-state index in [1.54, 1.807) is 0 Å². The van der Waals surface area contributed by atoms with Gasteiger partial charge in [-0.2, -0.15) is 0 Å². The van der Waals surface area contributed by atoms with Gasteiger partial charge in [-0.15, -0.1) is 0 Å². The van der Waals surface area contributed by atoms with E-state index in [1.165, 1.54) is 49.0 Å². The van der Waals surface area contributed by atoms with Crippen molar-refractivity contribution >= 4 is 0 Å². The highest BCUT2D eigenvalue weighted by Gasteiger charge is 2.29. The van der Waals surface area contributed by atoms with E-state index in [1.807, 2.05) is 0 Å². The van der Waals surface area contributed by atoms with Crippen LogP contribution in [0.25, 0.3) is 0 Å². The number of hydrogen-bond acceptors (Lipinski definition) is 2. The van der Waals surface area contributed by atoms with Gasteiger partial charge in [-0.1, -0.05) is 24.6 Å². The number of likely N-dealkylation sites (tertiary alicyclic amines) is 1.